The van der Waals surface area contributed by atoms with E-state index in [1.54, 1.807) is 34.4 Å². The maximum atomic E-state index is 12.9. The topological polar surface area (TPSA) is 71.5 Å². The fourth-order valence-electron chi connectivity index (χ4n) is 3.01. The SMILES string of the molecule is Cc1nc(-c2ccsc2)sc1C(=O)Nc1ccccc1C(=O)N1CCOCC1. The predicted octanol–water partition coefficient (Wildman–Crippen LogP) is 3.90. The molecule has 1 aliphatic rings. The highest BCUT2D eigenvalue weighted by Gasteiger charge is 2.23. The van der Waals surface area contributed by atoms with E-state index in [9.17, 15) is 9.59 Å². The number of amides is 2. The van der Waals surface area contributed by atoms with Gasteiger partial charge in [-0.05, 0) is 30.5 Å². The first-order chi connectivity index (χ1) is 13.6. The molecule has 0 bridgehead atoms. The van der Waals surface area contributed by atoms with Gasteiger partial charge in [-0.3, -0.25) is 9.59 Å². The summed E-state index contributed by atoms with van der Waals surface area (Å²) in [6.45, 7) is 4.00. The molecule has 2 amide bonds. The van der Waals surface area contributed by atoms with Crippen LogP contribution in [0.1, 0.15) is 25.7 Å². The zero-order chi connectivity index (χ0) is 19.5. The molecule has 0 radical (unpaired) electrons. The monoisotopic (exact) mass is 413 g/mol. The molecule has 28 heavy (non-hydrogen) atoms. The molecule has 8 heteroatoms. The molecule has 3 aromatic rings. The van der Waals surface area contributed by atoms with Crippen molar-refractivity contribution >= 4 is 40.2 Å². The van der Waals surface area contributed by atoms with E-state index in [2.05, 4.69) is 10.3 Å². The summed E-state index contributed by atoms with van der Waals surface area (Å²) >= 11 is 2.95. The van der Waals surface area contributed by atoms with E-state index in [4.69, 9.17) is 4.74 Å². The quantitative estimate of drug-likeness (QED) is 0.704. The standard InChI is InChI=1S/C20H19N3O3S2/c1-13-17(28-19(21-13)14-6-11-27-12-14)18(24)22-16-5-3-2-4-15(16)20(25)23-7-9-26-10-8-23/h2-6,11-12H,7-10H2,1H3,(H,22,24). The first-order valence-corrected chi connectivity index (χ1v) is 10.7. The van der Waals surface area contributed by atoms with Crippen molar-refractivity contribution in [1.29, 1.82) is 0 Å². The molecular formula is C20H19N3O3S2. The minimum atomic E-state index is -0.251. The fourth-order valence-corrected chi connectivity index (χ4v) is 4.68. The zero-order valence-corrected chi connectivity index (χ0v) is 16.9. The number of aryl methyl sites for hydroxylation is 1. The summed E-state index contributed by atoms with van der Waals surface area (Å²) in [4.78, 5) is 32.6. The first-order valence-electron chi connectivity index (χ1n) is 8.91. The summed E-state index contributed by atoms with van der Waals surface area (Å²) in [5.41, 5.74) is 2.69. The largest absolute Gasteiger partial charge is 0.378 e. The summed E-state index contributed by atoms with van der Waals surface area (Å²) in [6, 6.07) is 9.09. The van der Waals surface area contributed by atoms with E-state index in [1.165, 1.54) is 11.3 Å². The highest BCUT2D eigenvalue weighted by molar-refractivity contribution is 7.17. The number of rotatable bonds is 4. The molecule has 0 saturated carbocycles. The summed E-state index contributed by atoms with van der Waals surface area (Å²) in [5.74, 6) is -0.349. The molecule has 1 aromatic carbocycles. The van der Waals surface area contributed by atoms with Crippen molar-refractivity contribution in [1.82, 2.24) is 9.88 Å². The normalized spacial score (nSPS) is 14.1. The maximum absolute atomic E-state index is 12.9. The fraction of sp³-hybridized carbons (Fsp3) is 0.250. The highest BCUT2D eigenvalue weighted by atomic mass is 32.1. The molecular weight excluding hydrogens is 394 g/mol. The van der Waals surface area contributed by atoms with Gasteiger partial charge in [0, 0.05) is 24.0 Å². The first kappa shape index (κ1) is 18.8. The molecule has 4 rings (SSSR count). The Kier molecular flexibility index (Phi) is 5.52. The number of nitrogens with one attached hydrogen (secondary N) is 1. The average Bonchev–Trinajstić information content (AvgIpc) is 3.38. The molecule has 1 N–H and O–H groups in total. The highest BCUT2D eigenvalue weighted by Crippen LogP contribution is 2.30. The second-order valence-corrected chi connectivity index (χ2v) is 8.13. The molecule has 6 nitrogen and oxygen atoms in total. The lowest BCUT2D eigenvalue weighted by Crippen LogP contribution is -2.41. The van der Waals surface area contributed by atoms with E-state index in [0.29, 0.717) is 48.1 Å². The minimum Gasteiger partial charge on any atom is -0.378 e. The number of morpholine rings is 1. The third-order valence-corrected chi connectivity index (χ3v) is 6.36. The Morgan fingerprint density at radius 3 is 2.71 bits per heavy atom. The van der Waals surface area contributed by atoms with E-state index >= 15 is 0 Å². The Bertz CT molecular complexity index is 992. The van der Waals surface area contributed by atoms with Crippen molar-refractivity contribution in [3.05, 3.63) is 57.2 Å². The molecule has 0 aliphatic carbocycles. The van der Waals surface area contributed by atoms with Gasteiger partial charge in [0.15, 0.2) is 0 Å². The number of thiophene rings is 1. The van der Waals surface area contributed by atoms with Crippen LogP contribution in [-0.4, -0.2) is 48.0 Å². The van der Waals surface area contributed by atoms with Gasteiger partial charge in [-0.2, -0.15) is 11.3 Å². The number of para-hydroxylation sites is 1. The number of benzene rings is 1. The van der Waals surface area contributed by atoms with E-state index in [0.717, 1.165) is 10.6 Å². The van der Waals surface area contributed by atoms with Crippen LogP contribution in [-0.2, 0) is 4.74 Å². The number of ether oxygens (including phenoxy) is 1. The van der Waals surface area contributed by atoms with Gasteiger partial charge >= 0.3 is 0 Å². The van der Waals surface area contributed by atoms with Crippen LogP contribution in [0, 0.1) is 6.92 Å². The second-order valence-electron chi connectivity index (χ2n) is 6.35. The lowest BCUT2D eigenvalue weighted by Gasteiger charge is -2.27. The predicted molar refractivity (Wildman–Crippen MR) is 111 cm³/mol. The van der Waals surface area contributed by atoms with Gasteiger partial charge < -0.3 is 15.0 Å². The molecule has 1 aliphatic heterocycles. The van der Waals surface area contributed by atoms with Gasteiger partial charge in [0.25, 0.3) is 11.8 Å². The number of thiazole rings is 1. The Balaban J connectivity index is 1.56. The van der Waals surface area contributed by atoms with Crippen LogP contribution < -0.4 is 5.32 Å². The van der Waals surface area contributed by atoms with Crippen molar-refractivity contribution in [2.75, 3.05) is 31.6 Å². The number of carbonyl (C=O) groups is 2. The number of hydrogen-bond donors (Lipinski definition) is 1. The third-order valence-electron chi connectivity index (χ3n) is 4.47. The smallest absolute Gasteiger partial charge is 0.267 e. The maximum Gasteiger partial charge on any atom is 0.267 e. The minimum absolute atomic E-state index is 0.0980. The summed E-state index contributed by atoms with van der Waals surface area (Å²) in [6.07, 6.45) is 0. The van der Waals surface area contributed by atoms with Crippen molar-refractivity contribution in [3.63, 3.8) is 0 Å². The summed E-state index contributed by atoms with van der Waals surface area (Å²) in [7, 11) is 0. The Morgan fingerprint density at radius 1 is 1.18 bits per heavy atom. The van der Waals surface area contributed by atoms with Gasteiger partial charge in [-0.1, -0.05) is 12.1 Å². The molecule has 1 fully saturated rings. The number of aromatic nitrogens is 1. The number of anilines is 1. The van der Waals surface area contributed by atoms with Gasteiger partial charge in [0.2, 0.25) is 0 Å². The van der Waals surface area contributed by atoms with E-state index in [-0.39, 0.29) is 11.8 Å². The van der Waals surface area contributed by atoms with Crippen LogP contribution in [0.2, 0.25) is 0 Å². The lowest BCUT2D eigenvalue weighted by molar-refractivity contribution is 0.0303. The number of nitrogens with zero attached hydrogens (tertiary/aromatic N) is 2. The Hall–Kier alpha value is -2.55. The van der Waals surface area contributed by atoms with Crippen LogP contribution in [0.3, 0.4) is 0 Å². The number of carbonyl (C=O) groups excluding carboxylic acids is 2. The van der Waals surface area contributed by atoms with Gasteiger partial charge in [0.1, 0.15) is 9.88 Å². The van der Waals surface area contributed by atoms with Crippen molar-refractivity contribution in [3.8, 4) is 10.6 Å². The second kappa shape index (κ2) is 8.22. The van der Waals surface area contributed by atoms with Crippen molar-refractivity contribution in [2.45, 2.75) is 6.92 Å². The van der Waals surface area contributed by atoms with Crippen molar-refractivity contribution in [2.24, 2.45) is 0 Å². The summed E-state index contributed by atoms with van der Waals surface area (Å²) < 4.78 is 5.32. The lowest BCUT2D eigenvalue weighted by atomic mass is 10.1. The van der Waals surface area contributed by atoms with Crippen LogP contribution in [0.15, 0.2) is 41.1 Å². The van der Waals surface area contributed by atoms with Gasteiger partial charge in [-0.25, -0.2) is 4.98 Å². The zero-order valence-electron chi connectivity index (χ0n) is 15.3. The summed E-state index contributed by atoms with van der Waals surface area (Å²) in [5, 5.41) is 7.72. The number of hydrogen-bond acceptors (Lipinski definition) is 6. The molecule has 0 atom stereocenters. The van der Waals surface area contributed by atoms with E-state index in [1.807, 2.05) is 29.8 Å². The molecule has 2 aromatic heterocycles. The molecule has 0 unspecified atom stereocenters. The van der Waals surface area contributed by atoms with Crippen molar-refractivity contribution < 1.29 is 14.3 Å². The molecule has 1 saturated heterocycles. The van der Waals surface area contributed by atoms with E-state index < -0.39 is 0 Å². The average molecular weight is 414 g/mol. The van der Waals surface area contributed by atoms with Crippen LogP contribution >= 0.6 is 22.7 Å². The Morgan fingerprint density at radius 2 is 1.96 bits per heavy atom. The van der Waals surface area contributed by atoms with Crippen LogP contribution in [0.25, 0.3) is 10.6 Å². The third kappa shape index (κ3) is 3.84. The van der Waals surface area contributed by atoms with Gasteiger partial charge in [0.05, 0.1) is 30.2 Å². The van der Waals surface area contributed by atoms with Gasteiger partial charge in [-0.15, -0.1) is 11.3 Å². The van der Waals surface area contributed by atoms with Crippen LogP contribution in [0.5, 0.6) is 0 Å². The molecule has 3 heterocycles. The van der Waals surface area contributed by atoms with Crippen LogP contribution in [0.4, 0.5) is 5.69 Å². The Labute approximate surface area is 170 Å². The molecule has 0 spiro atoms. The molecule has 144 valence electrons.